The minimum Gasteiger partial charge on any atom is -0.358 e. The molecule has 1 aromatic rings. The van der Waals surface area contributed by atoms with E-state index < -0.39 is 5.82 Å². The Morgan fingerprint density at radius 3 is 2.68 bits per heavy atom. The maximum absolute atomic E-state index is 13.4. The van der Waals surface area contributed by atoms with Crippen molar-refractivity contribution in [2.75, 3.05) is 30.3 Å². The van der Waals surface area contributed by atoms with Crippen molar-refractivity contribution in [2.45, 2.75) is 26.7 Å². The van der Waals surface area contributed by atoms with Crippen LogP contribution in [0.1, 0.15) is 26.7 Å². The summed E-state index contributed by atoms with van der Waals surface area (Å²) in [6.07, 6.45) is 2.86. The molecule has 0 saturated heterocycles. The molecule has 0 saturated carbocycles. The molecule has 0 unspecified atom stereocenters. The van der Waals surface area contributed by atoms with Gasteiger partial charge in [0.15, 0.2) is 11.6 Å². The number of amides is 1. The minimum atomic E-state index is -0.578. The molecule has 0 aromatic carbocycles. The molecule has 3 N–H and O–H groups in total. The Bertz CT molecular complexity index is 413. The van der Waals surface area contributed by atoms with E-state index in [1.165, 1.54) is 0 Å². The number of hydrogen-bond acceptors (Lipinski definition) is 5. The lowest BCUT2D eigenvalue weighted by Crippen LogP contribution is -2.30. The second-order valence-electron chi connectivity index (χ2n) is 4.02. The summed E-state index contributed by atoms with van der Waals surface area (Å²) >= 11 is 0. The van der Waals surface area contributed by atoms with Crippen LogP contribution >= 0.6 is 0 Å². The number of hydrogen-bond donors (Lipinski definition) is 3. The number of rotatable bonds is 8. The summed E-state index contributed by atoms with van der Waals surface area (Å²) in [5.41, 5.74) is 0. The molecule has 6 nitrogen and oxygen atoms in total. The van der Waals surface area contributed by atoms with Gasteiger partial charge in [-0.25, -0.2) is 9.37 Å². The molecule has 0 radical (unpaired) electrons. The molecule has 0 fully saturated rings. The smallest absolute Gasteiger partial charge is 0.239 e. The van der Waals surface area contributed by atoms with E-state index in [-0.39, 0.29) is 18.3 Å². The Kier molecular flexibility index (Phi) is 6.56. The van der Waals surface area contributed by atoms with Gasteiger partial charge in [-0.3, -0.25) is 4.79 Å². The van der Waals surface area contributed by atoms with Crippen molar-refractivity contribution in [2.24, 2.45) is 0 Å². The first kappa shape index (κ1) is 15.1. The topological polar surface area (TPSA) is 78.9 Å². The van der Waals surface area contributed by atoms with Crippen molar-refractivity contribution in [3.05, 3.63) is 12.0 Å². The molecule has 0 aliphatic rings. The summed E-state index contributed by atoms with van der Waals surface area (Å²) in [5.74, 6) is -0.395. The van der Waals surface area contributed by atoms with Crippen molar-refractivity contribution in [1.29, 1.82) is 0 Å². The summed E-state index contributed by atoms with van der Waals surface area (Å²) in [5, 5.41) is 8.30. The molecule has 1 amide bonds. The van der Waals surface area contributed by atoms with Gasteiger partial charge in [-0.2, -0.15) is 4.98 Å². The predicted octanol–water partition coefficient (Wildman–Crippen LogP) is 1.38. The van der Waals surface area contributed by atoms with Crippen molar-refractivity contribution >= 4 is 17.7 Å². The fourth-order valence-corrected chi connectivity index (χ4v) is 1.30. The van der Waals surface area contributed by atoms with Crippen LogP contribution in [0.15, 0.2) is 6.20 Å². The molecule has 0 atom stereocenters. The summed E-state index contributed by atoms with van der Waals surface area (Å²) in [7, 11) is 0. The van der Waals surface area contributed by atoms with Gasteiger partial charge in [0.1, 0.15) is 0 Å². The summed E-state index contributed by atoms with van der Waals surface area (Å²) < 4.78 is 13.4. The van der Waals surface area contributed by atoms with E-state index >= 15 is 0 Å². The molecule has 106 valence electrons. The maximum atomic E-state index is 13.4. The average Bonchev–Trinajstić information content (AvgIpc) is 2.42. The zero-order valence-electron chi connectivity index (χ0n) is 11.3. The lowest BCUT2D eigenvalue weighted by molar-refractivity contribution is -0.119. The zero-order valence-corrected chi connectivity index (χ0v) is 11.3. The highest BCUT2D eigenvalue weighted by Gasteiger charge is 2.08. The molecule has 1 heterocycles. The number of carbonyl (C=O) groups excluding carboxylic acids is 1. The van der Waals surface area contributed by atoms with Crippen LogP contribution in [0.25, 0.3) is 0 Å². The number of carbonyl (C=O) groups is 1. The third kappa shape index (κ3) is 5.50. The van der Waals surface area contributed by atoms with Crippen LogP contribution in [0.3, 0.4) is 0 Å². The molecule has 0 aliphatic heterocycles. The Morgan fingerprint density at radius 1 is 1.26 bits per heavy atom. The Labute approximate surface area is 112 Å². The monoisotopic (exact) mass is 269 g/mol. The van der Waals surface area contributed by atoms with Crippen LogP contribution in [-0.4, -0.2) is 35.5 Å². The SMILES string of the molecule is CCCNC(=O)CNc1nc(NCCC)ncc1F. The van der Waals surface area contributed by atoms with Crippen molar-refractivity contribution in [3.63, 3.8) is 0 Å². The van der Waals surface area contributed by atoms with Gasteiger partial charge in [0.2, 0.25) is 11.9 Å². The van der Waals surface area contributed by atoms with Crippen LogP contribution in [0.5, 0.6) is 0 Å². The number of nitrogens with one attached hydrogen (secondary N) is 3. The van der Waals surface area contributed by atoms with E-state index in [1.807, 2.05) is 13.8 Å². The van der Waals surface area contributed by atoms with Gasteiger partial charge in [-0.15, -0.1) is 0 Å². The quantitative estimate of drug-likeness (QED) is 0.664. The fourth-order valence-electron chi connectivity index (χ4n) is 1.30. The van der Waals surface area contributed by atoms with E-state index in [1.54, 1.807) is 0 Å². The van der Waals surface area contributed by atoms with Gasteiger partial charge in [-0.05, 0) is 12.8 Å². The number of aromatic nitrogens is 2. The molecule has 1 rings (SSSR count). The van der Waals surface area contributed by atoms with Crippen LogP contribution in [0, 0.1) is 5.82 Å². The van der Waals surface area contributed by atoms with E-state index in [9.17, 15) is 9.18 Å². The second-order valence-corrected chi connectivity index (χ2v) is 4.02. The van der Waals surface area contributed by atoms with Gasteiger partial charge < -0.3 is 16.0 Å². The standard InChI is InChI=1S/C12H20FN5O/c1-3-5-14-10(19)8-16-11-9(13)7-17-12(18-11)15-6-4-2/h7H,3-6,8H2,1-2H3,(H,14,19)(H2,15,16,17,18). The predicted molar refractivity (Wildman–Crippen MR) is 72.6 cm³/mol. The van der Waals surface area contributed by atoms with Crippen LogP contribution in [0.4, 0.5) is 16.2 Å². The van der Waals surface area contributed by atoms with Gasteiger partial charge in [0.05, 0.1) is 12.7 Å². The van der Waals surface area contributed by atoms with E-state index in [4.69, 9.17) is 0 Å². The first-order chi connectivity index (χ1) is 9.17. The van der Waals surface area contributed by atoms with E-state index in [0.717, 1.165) is 19.0 Å². The minimum absolute atomic E-state index is 0.0127. The van der Waals surface area contributed by atoms with Crippen LogP contribution in [-0.2, 0) is 4.79 Å². The van der Waals surface area contributed by atoms with Gasteiger partial charge in [-0.1, -0.05) is 13.8 Å². The van der Waals surface area contributed by atoms with Gasteiger partial charge >= 0.3 is 0 Å². The van der Waals surface area contributed by atoms with Crippen molar-refractivity contribution < 1.29 is 9.18 Å². The van der Waals surface area contributed by atoms with E-state index in [0.29, 0.717) is 19.0 Å². The number of halogens is 1. The first-order valence-electron chi connectivity index (χ1n) is 6.44. The Hall–Kier alpha value is -1.92. The lowest BCUT2D eigenvalue weighted by Gasteiger charge is -2.09. The summed E-state index contributed by atoms with van der Waals surface area (Å²) in [4.78, 5) is 19.2. The third-order valence-corrected chi connectivity index (χ3v) is 2.27. The molecule has 0 spiro atoms. The Balaban J connectivity index is 2.54. The lowest BCUT2D eigenvalue weighted by atomic mass is 10.4. The average molecular weight is 269 g/mol. The molecule has 19 heavy (non-hydrogen) atoms. The van der Waals surface area contributed by atoms with Crippen LogP contribution in [0.2, 0.25) is 0 Å². The number of anilines is 2. The van der Waals surface area contributed by atoms with Crippen molar-refractivity contribution in [1.82, 2.24) is 15.3 Å². The molecule has 7 heteroatoms. The zero-order chi connectivity index (χ0) is 14.1. The maximum Gasteiger partial charge on any atom is 0.239 e. The van der Waals surface area contributed by atoms with Crippen LogP contribution < -0.4 is 16.0 Å². The van der Waals surface area contributed by atoms with Gasteiger partial charge in [0, 0.05) is 13.1 Å². The fraction of sp³-hybridized carbons (Fsp3) is 0.583. The number of nitrogens with zero attached hydrogens (tertiary/aromatic N) is 2. The second kappa shape index (κ2) is 8.23. The third-order valence-electron chi connectivity index (χ3n) is 2.27. The molecule has 0 aliphatic carbocycles. The highest BCUT2D eigenvalue weighted by atomic mass is 19.1. The normalized spacial score (nSPS) is 10.1. The first-order valence-corrected chi connectivity index (χ1v) is 6.44. The van der Waals surface area contributed by atoms with E-state index in [2.05, 4.69) is 25.9 Å². The largest absolute Gasteiger partial charge is 0.358 e. The highest BCUT2D eigenvalue weighted by Crippen LogP contribution is 2.11. The highest BCUT2D eigenvalue weighted by molar-refractivity contribution is 5.80. The van der Waals surface area contributed by atoms with Crippen molar-refractivity contribution in [3.8, 4) is 0 Å². The summed E-state index contributed by atoms with van der Waals surface area (Å²) in [6, 6.07) is 0. The summed E-state index contributed by atoms with van der Waals surface area (Å²) in [6.45, 7) is 5.27. The van der Waals surface area contributed by atoms with Gasteiger partial charge in [0.25, 0.3) is 0 Å². The molecular weight excluding hydrogens is 249 g/mol. The molecule has 1 aromatic heterocycles. The molecule has 0 bridgehead atoms. The Morgan fingerprint density at radius 2 is 2.00 bits per heavy atom. The molecular formula is C12H20FN5O.